The fourth-order valence-electron chi connectivity index (χ4n) is 0.704. The highest BCUT2D eigenvalue weighted by molar-refractivity contribution is 9.26. The number of rotatable bonds is 11. The van der Waals surface area contributed by atoms with E-state index in [4.69, 9.17) is 17.7 Å². The summed E-state index contributed by atoms with van der Waals surface area (Å²) in [5.41, 5.74) is 0. The maximum atomic E-state index is 5.42. The van der Waals surface area contributed by atoms with Gasteiger partial charge < -0.3 is 17.7 Å². The topological polar surface area (TPSA) is 36.9 Å². The van der Waals surface area contributed by atoms with Gasteiger partial charge in [0.15, 0.2) is 0 Å². The van der Waals surface area contributed by atoms with Gasteiger partial charge in [-0.15, -0.1) is 0 Å². The third-order valence-corrected chi connectivity index (χ3v) is 17.9. The smallest absolute Gasteiger partial charge is 0.345 e. The van der Waals surface area contributed by atoms with E-state index < -0.39 is 17.1 Å². The van der Waals surface area contributed by atoms with Gasteiger partial charge in [-0.1, -0.05) is 21.6 Å². The van der Waals surface area contributed by atoms with Crippen molar-refractivity contribution in [3.63, 3.8) is 0 Å². The maximum absolute atomic E-state index is 5.42. The van der Waals surface area contributed by atoms with E-state index in [0.717, 1.165) is 10.8 Å². The van der Waals surface area contributed by atoms with Crippen LogP contribution in [0, 0.1) is 0 Å². The summed E-state index contributed by atoms with van der Waals surface area (Å²) in [6.45, 7) is 4.14. The lowest BCUT2D eigenvalue weighted by Gasteiger charge is -2.22. The molecule has 0 aromatic heterocycles. The van der Waals surface area contributed by atoms with Crippen LogP contribution in [0.2, 0.25) is 13.1 Å². The van der Waals surface area contributed by atoms with E-state index >= 15 is 0 Å². The lowest BCUT2D eigenvalue weighted by Crippen LogP contribution is -2.39. The lowest BCUT2D eigenvalue weighted by molar-refractivity contribution is 0.256. The molecule has 0 aromatic rings. The van der Waals surface area contributed by atoms with Crippen molar-refractivity contribution in [1.82, 2.24) is 0 Å². The zero-order chi connectivity index (χ0) is 14.1. The van der Waals surface area contributed by atoms with Gasteiger partial charge in [0.05, 0.1) is 0 Å². The summed E-state index contributed by atoms with van der Waals surface area (Å²) < 4.78 is 21.7. The monoisotopic (exact) mass is 366 g/mol. The molecule has 0 atom stereocenters. The van der Waals surface area contributed by atoms with Crippen molar-refractivity contribution in [2.24, 2.45) is 0 Å². The van der Waals surface area contributed by atoms with Crippen molar-refractivity contribution in [2.45, 2.75) is 13.1 Å². The fourth-order valence-corrected chi connectivity index (χ4v) is 15.5. The molecule has 18 heavy (non-hydrogen) atoms. The Kier molecular flexibility index (Phi) is 11.4. The molecule has 0 N–H and O–H groups in total. The minimum Gasteiger partial charge on any atom is -0.397 e. The highest BCUT2D eigenvalue weighted by atomic mass is 33.7. The molecule has 0 rings (SSSR count). The van der Waals surface area contributed by atoms with Crippen molar-refractivity contribution in [2.75, 3.05) is 39.2 Å². The summed E-state index contributed by atoms with van der Waals surface area (Å²) >= 11 is 0. The van der Waals surface area contributed by atoms with E-state index in [9.17, 15) is 0 Å². The van der Waals surface area contributed by atoms with Crippen LogP contribution in [0.4, 0.5) is 0 Å². The van der Waals surface area contributed by atoms with Crippen molar-refractivity contribution < 1.29 is 17.7 Å². The van der Waals surface area contributed by atoms with Crippen molar-refractivity contribution in [3.8, 4) is 0 Å². The molecule has 0 amide bonds. The predicted molar refractivity (Wildman–Crippen MR) is 91.4 cm³/mol. The van der Waals surface area contributed by atoms with Crippen molar-refractivity contribution in [3.05, 3.63) is 0 Å². The molecule has 0 aliphatic rings. The average Bonchev–Trinajstić information content (AvgIpc) is 2.42. The molecule has 0 aromatic carbocycles. The normalized spacial score (nSPS) is 13.0. The molecule has 0 radical (unpaired) electrons. The molecule has 10 heteroatoms. The first-order chi connectivity index (χ1) is 8.45. The second kappa shape index (κ2) is 10.4. The van der Waals surface area contributed by atoms with Gasteiger partial charge in [0.1, 0.15) is 0 Å². The molecule has 4 nitrogen and oxygen atoms in total. The summed E-state index contributed by atoms with van der Waals surface area (Å²) in [4.78, 5) is 0. The van der Waals surface area contributed by atoms with Gasteiger partial charge >= 0.3 is 17.1 Å². The SMILES string of the molecule is CO[Si](C)(CSSSSC[Si](C)(OC)OC)OC. The summed E-state index contributed by atoms with van der Waals surface area (Å²) in [6, 6.07) is 0. The Morgan fingerprint density at radius 1 is 0.667 bits per heavy atom. The quantitative estimate of drug-likeness (QED) is 0.312. The van der Waals surface area contributed by atoms with E-state index in [-0.39, 0.29) is 0 Å². The molecule has 0 aliphatic heterocycles. The first kappa shape index (κ1) is 19.7. The molecular weight excluding hydrogens is 345 g/mol. The molecule has 0 heterocycles. The highest BCUT2D eigenvalue weighted by Gasteiger charge is 2.30. The zero-order valence-electron chi connectivity index (χ0n) is 11.7. The largest absolute Gasteiger partial charge is 0.397 e. The Hall–Kier alpha value is 1.67. The zero-order valence-corrected chi connectivity index (χ0v) is 16.9. The Bertz CT molecular complexity index is 195. The number of hydrogen-bond acceptors (Lipinski definition) is 8. The van der Waals surface area contributed by atoms with Gasteiger partial charge in [0.25, 0.3) is 0 Å². The van der Waals surface area contributed by atoms with Gasteiger partial charge in [0, 0.05) is 39.2 Å². The Labute approximate surface area is 128 Å². The van der Waals surface area contributed by atoms with E-state index in [2.05, 4.69) is 13.1 Å². The third-order valence-electron chi connectivity index (χ3n) is 2.49. The Balaban J connectivity index is 3.63. The van der Waals surface area contributed by atoms with Crippen molar-refractivity contribution in [1.29, 1.82) is 0 Å². The van der Waals surface area contributed by atoms with E-state index in [1.165, 1.54) is 0 Å². The molecule has 0 bridgehead atoms. The van der Waals surface area contributed by atoms with Gasteiger partial charge in [-0.05, 0) is 32.7 Å². The molecule has 0 unspecified atom stereocenters. The molecule has 0 fully saturated rings. The van der Waals surface area contributed by atoms with E-state index in [1.807, 2.05) is 0 Å². The van der Waals surface area contributed by atoms with Gasteiger partial charge in [-0.3, -0.25) is 0 Å². The second-order valence-electron chi connectivity index (χ2n) is 3.74. The minimum absolute atomic E-state index is 0.918. The summed E-state index contributed by atoms with van der Waals surface area (Å²) in [5, 5.41) is 1.84. The fraction of sp³-hybridized carbons (Fsp3) is 1.00. The third kappa shape index (κ3) is 8.07. The van der Waals surface area contributed by atoms with Crippen LogP contribution in [0.25, 0.3) is 0 Å². The van der Waals surface area contributed by atoms with Crippen LogP contribution >= 0.6 is 41.2 Å². The summed E-state index contributed by atoms with van der Waals surface area (Å²) in [5.74, 6) is 0. The molecule has 0 aliphatic carbocycles. The average molecular weight is 367 g/mol. The molecule has 110 valence electrons. The van der Waals surface area contributed by atoms with E-state index in [0.29, 0.717) is 0 Å². The first-order valence-corrected chi connectivity index (χ1v) is 15.4. The van der Waals surface area contributed by atoms with Crippen LogP contribution in [-0.2, 0) is 17.7 Å². The van der Waals surface area contributed by atoms with Crippen LogP contribution in [0.15, 0.2) is 0 Å². The van der Waals surface area contributed by atoms with Crippen molar-refractivity contribution >= 4 is 58.4 Å². The Morgan fingerprint density at radius 2 is 0.944 bits per heavy atom. The standard InChI is InChI=1S/C8H22O4S4Si2/c1-9-17(5,10-2)7-13-15-16-14-8-18(6,11-3)12-4/h7-8H2,1-6H3. The van der Waals surface area contributed by atoms with Gasteiger partial charge in [0.2, 0.25) is 0 Å². The van der Waals surface area contributed by atoms with E-state index in [1.54, 1.807) is 69.7 Å². The molecular formula is C8H22O4S4Si2. The second-order valence-corrected chi connectivity index (χ2v) is 17.6. The number of hydrogen-bond donors (Lipinski definition) is 0. The predicted octanol–water partition coefficient (Wildman–Crippen LogP) is 3.47. The van der Waals surface area contributed by atoms with Gasteiger partial charge in [-0.2, -0.15) is 0 Å². The summed E-state index contributed by atoms with van der Waals surface area (Å²) in [6.07, 6.45) is 0. The highest BCUT2D eigenvalue weighted by Crippen LogP contribution is 2.44. The summed E-state index contributed by atoms with van der Waals surface area (Å²) in [7, 11) is 10.1. The van der Waals surface area contributed by atoms with Crippen LogP contribution in [0.1, 0.15) is 0 Å². The molecule has 0 spiro atoms. The van der Waals surface area contributed by atoms with Crippen LogP contribution in [-0.4, -0.2) is 56.3 Å². The van der Waals surface area contributed by atoms with Crippen LogP contribution in [0.3, 0.4) is 0 Å². The first-order valence-electron chi connectivity index (χ1n) is 5.23. The van der Waals surface area contributed by atoms with Crippen LogP contribution in [0.5, 0.6) is 0 Å². The molecule has 0 saturated carbocycles. The van der Waals surface area contributed by atoms with Gasteiger partial charge in [-0.25, -0.2) is 0 Å². The van der Waals surface area contributed by atoms with Crippen LogP contribution < -0.4 is 0 Å². The lowest BCUT2D eigenvalue weighted by atomic mass is 11.8. The maximum Gasteiger partial charge on any atom is 0.345 e. The Morgan fingerprint density at radius 3 is 1.17 bits per heavy atom. The minimum atomic E-state index is -1.93. The molecule has 0 saturated heterocycles.